The number of carbonyl (C=O) groups is 1. The summed E-state index contributed by atoms with van der Waals surface area (Å²) in [6.45, 7) is 2.61. The Balaban J connectivity index is 2.62. The summed E-state index contributed by atoms with van der Waals surface area (Å²) in [5.74, 6) is -1.58. The lowest BCUT2D eigenvalue weighted by atomic mass is 9.77. The predicted molar refractivity (Wildman–Crippen MR) is 113 cm³/mol. The van der Waals surface area contributed by atoms with Gasteiger partial charge in [-0.15, -0.1) is 0 Å². The van der Waals surface area contributed by atoms with E-state index in [0.29, 0.717) is 6.54 Å². The Morgan fingerprint density at radius 2 is 1.69 bits per heavy atom. The molecule has 148 valence electrons. The van der Waals surface area contributed by atoms with Crippen LogP contribution in [0.3, 0.4) is 0 Å². The number of nitrogens with zero attached hydrogens (tertiary/aromatic N) is 3. The third kappa shape index (κ3) is 5.24. The molecule has 1 N–H and O–H groups in total. The molecule has 0 aliphatic heterocycles. The maximum Gasteiger partial charge on any atom is 0.327 e. The van der Waals surface area contributed by atoms with Gasteiger partial charge in [0.25, 0.3) is 0 Å². The lowest BCUT2D eigenvalue weighted by Crippen LogP contribution is -2.52. The first-order chi connectivity index (χ1) is 14.1. The number of nitriles is 2. The fourth-order valence-electron chi connectivity index (χ4n) is 3.46. The van der Waals surface area contributed by atoms with E-state index in [2.05, 4.69) is 19.1 Å². The van der Waals surface area contributed by atoms with Crippen molar-refractivity contribution >= 4 is 11.7 Å². The Morgan fingerprint density at radius 3 is 2.21 bits per heavy atom. The smallest absolute Gasteiger partial charge is 0.327 e. The summed E-state index contributed by atoms with van der Waals surface area (Å²) in [5.41, 5.74) is 0.135. The van der Waals surface area contributed by atoms with Gasteiger partial charge in [-0.05, 0) is 30.5 Å². The van der Waals surface area contributed by atoms with Crippen LogP contribution < -0.4 is 4.90 Å². The molecule has 0 aromatic heterocycles. The van der Waals surface area contributed by atoms with Crippen LogP contribution in [0.2, 0.25) is 0 Å². The van der Waals surface area contributed by atoms with Crippen molar-refractivity contribution in [2.45, 2.75) is 37.6 Å². The highest BCUT2D eigenvalue weighted by Crippen LogP contribution is 2.39. The van der Waals surface area contributed by atoms with Gasteiger partial charge in [0.05, 0.1) is 0 Å². The number of hydrogen-bond donors (Lipinski definition) is 1. The standard InChI is InChI=1S/C24H25N3O2/c1-2-3-17-27(21-13-8-5-9-14-21)24(18-25,19-26)22(15-10-16-23(28)29)20-11-6-4-7-12-20/h4-14,16,22H,2-3,15,17H2,1H3,(H,28,29)/b16-10+. The van der Waals surface area contributed by atoms with E-state index < -0.39 is 17.4 Å². The third-order valence-electron chi connectivity index (χ3n) is 4.91. The number of carboxylic acids is 1. The van der Waals surface area contributed by atoms with Gasteiger partial charge in [0, 0.05) is 24.2 Å². The van der Waals surface area contributed by atoms with E-state index in [4.69, 9.17) is 5.11 Å². The van der Waals surface area contributed by atoms with Gasteiger partial charge < -0.3 is 10.0 Å². The van der Waals surface area contributed by atoms with E-state index >= 15 is 0 Å². The first-order valence-corrected chi connectivity index (χ1v) is 9.68. The summed E-state index contributed by atoms with van der Waals surface area (Å²) >= 11 is 0. The maximum absolute atomic E-state index is 11.0. The quantitative estimate of drug-likeness (QED) is 0.586. The molecule has 5 nitrogen and oxygen atoms in total. The molecule has 0 radical (unpaired) electrons. The molecule has 0 spiro atoms. The Morgan fingerprint density at radius 1 is 1.10 bits per heavy atom. The number of unbranched alkanes of at least 4 members (excludes halogenated alkanes) is 1. The van der Waals surface area contributed by atoms with Gasteiger partial charge in [-0.3, -0.25) is 0 Å². The molecule has 0 saturated carbocycles. The minimum atomic E-state index is -1.49. The summed E-state index contributed by atoms with van der Waals surface area (Å²) < 4.78 is 0. The molecule has 0 aliphatic rings. The van der Waals surface area contributed by atoms with Crippen LogP contribution in [0.4, 0.5) is 5.69 Å². The number of hydrogen-bond acceptors (Lipinski definition) is 4. The van der Waals surface area contributed by atoms with Crippen LogP contribution in [0.5, 0.6) is 0 Å². The molecule has 0 aliphatic carbocycles. The van der Waals surface area contributed by atoms with Crippen molar-refractivity contribution in [3.63, 3.8) is 0 Å². The second-order valence-electron chi connectivity index (χ2n) is 6.77. The number of anilines is 1. The number of rotatable bonds is 10. The van der Waals surface area contributed by atoms with Crippen LogP contribution in [0, 0.1) is 22.7 Å². The summed E-state index contributed by atoms with van der Waals surface area (Å²) in [4.78, 5) is 12.8. The summed E-state index contributed by atoms with van der Waals surface area (Å²) in [6, 6.07) is 23.4. The highest BCUT2D eigenvalue weighted by molar-refractivity contribution is 5.79. The van der Waals surface area contributed by atoms with Gasteiger partial charge in [-0.2, -0.15) is 10.5 Å². The number of allylic oxidation sites excluding steroid dienone is 1. The van der Waals surface area contributed by atoms with Crippen LogP contribution in [0.15, 0.2) is 72.8 Å². The Kier molecular flexibility index (Phi) is 8.00. The van der Waals surface area contributed by atoms with Gasteiger partial charge in [0.1, 0.15) is 12.1 Å². The number of carboxylic acid groups (broad SMARTS) is 1. The van der Waals surface area contributed by atoms with E-state index in [1.165, 1.54) is 6.08 Å². The highest BCUT2D eigenvalue weighted by atomic mass is 16.4. The molecule has 1 unspecified atom stereocenters. The zero-order valence-electron chi connectivity index (χ0n) is 16.5. The maximum atomic E-state index is 11.0. The molecule has 1 atom stereocenters. The molecule has 0 amide bonds. The van der Waals surface area contributed by atoms with Crippen molar-refractivity contribution < 1.29 is 9.90 Å². The lowest BCUT2D eigenvalue weighted by molar-refractivity contribution is -0.131. The van der Waals surface area contributed by atoms with Crippen molar-refractivity contribution in [3.05, 3.63) is 78.4 Å². The van der Waals surface area contributed by atoms with Crippen LogP contribution in [0.25, 0.3) is 0 Å². The van der Waals surface area contributed by atoms with Crippen LogP contribution in [-0.2, 0) is 4.79 Å². The van der Waals surface area contributed by atoms with Gasteiger partial charge in [0.2, 0.25) is 5.54 Å². The summed E-state index contributed by atoms with van der Waals surface area (Å²) in [7, 11) is 0. The van der Waals surface area contributed by atoms with E-state index in [0.717, 1.165) is 30.2 Å². The van der Waals surface area contributed by atoms with Crippen LogP contribution in [-0.4, -0.2) is 23.2 Å². The first kappa shape index (κ1) is 21.7. The number of aliphatic carboxylic acids is 1. The minimum absolute atomic E-state index is 0.257. The third-order valence-corrected chi connectivity index (χ3v) is 4.91. The average Bonchev–Trinajstić information content (AvgIpc) is 2.76. The second-order valence-corrected chi connectivity index (χ2v) is 6.77. The van der Waals surface area contributed by atoms with Gasteiger partial charge >= 0.3 is 5.97 Å². The zero-order chi connectivity index (χ0) is 21.1. The van der Waals surface area contributed by atoms with Gasteiger partial charge in [-0.25, -0.2) is 4.79 Å². The van der Waals surface area contributed by atoms with Gasteiger partial charge in [-0.1, -0.05) is 68.0 Å². The van der Waals surface area contributed by atoms with Crippen LogP contribution >= 0.6 is 0 Å². The monoisotopic (exact) mass is 387 g/mol. The molecule has 0 saturated heterocycles. The molecular weight excluding hydrogens is 362 g/mol. The predicted octanol–water partition coefficient (Wildman–Crippen LogP) is 4.89. The molecule has 2 aromatic rings. The molecule has 2 aromatic carbocycles. The molecule has 0 bridgehead atoms. The van der Waals surface area contributed by atoms with E-state index in [1.807, 2.05) is 65.6 Å². The van der Waals surface area contributed by atoms with E-state index in [1.54, 1.807) is 0 Å². The fourth-order valence-corrected chi connectivity index (χ4v) is 3.46. The zero-order valence-corrected chi connectivity index (χ0v) is 16.5. The summed E-state index contributed by atoms with van der Waals surface area (Å²) in [6.07, 6.45) is 4.59. The van der Waals surface area contributed by atoms with Crippen molar-refractivity contribution in [3.8, 4) is 12.1 Å². The van der Waals surface area contributed by atoms with E-state index in [-0.39, 0.29) is 6.42 Å². The van der Waals surface area contributed by atoms with Gasteiger partial charge in [0.15, 0.2) is 0 Å². The molecule has 29 heavy (non-hydrogen) atoms. The first-order valence-electron chi connectivity index (χ1n) is 9.68. The highest BCUT2D eigenvalue weighted by Gasteiger charge is 2.45. The Labute approximate surface area is 172 Å². The normalized spacial score (nSPS) is 12.1. The number of benzene rings is 2. The Hall–Kier alpha value is -3.57. The van der Waals surface area contributed by atoms with Crippen LogP contribution in [0.1, 0.15) is 37.7 Å². The summed E-state index contributed by atoms with van der Waals surface area (Å²) in [5, 5.41) is 29.6. The number of para-hydroxylation sites is 1. The van der Waals surface area contributed by atoms with Crippen molar-refractivity contribution in [1.29, 1.82) is 10.5 Å². The van der Waals surface area contributed by atoms with Crippen molar-refractivity contribution in [2.75, 3.05) is 11.4 Å². The molecule has 0 heterocycles. The second kappa shape index (κ2) is 10.7. The average molecular weight is 387 g/mol. The molecular formula is C24H25N3O2. The fraction of sp³-hybridized carbons (Fsp3) is 0.292. The van der Waals surface area contributed by atoms with Crippen molar-refractivity contribution in [1.82, 2.24) is 0 Å². The Bertz CT molecular complexity index is 881. The molecule has 2 rings (SSSR count). The molecule has 0 fully saturated rings. The molecule has 5 heteroatoms. The minimum Gasteiger partial charge on any atom is -0.478 e. The van der Waals surface area contributed by atoms with E-state index in [9.17, 15) is 15.3 Å². The topological polar surface area (TPSA) is 88.1 Å². The van der Waals surface area contributed by atoms with Crippen molar-refractivity contribution in [2.24, 2.45) is 0 Å². The largest absolute Gasteiger partial charge is 0.478 e. The SMILES string of the molecule is CCCCN(c1ccccc1)C(C#N)(C#N)C(C/C=C/C(=O)O)c1ccccc1. The lowest BCUT2D eigenvalue weighted by Gasteiger charge is -2.41.